The average molecular weight is 333 g/mol. The second-order valence-electron chi connectivity index (χ2n) is 5.41. The highest BCUT2D eigenvalue weighted by molar-refractivity contribution is 7.99. The van der Waals surface area contributed by atoms with Gasteiger partial charge in [0.05, 0.1) is 18.1 Å². The number of hydrogen-bond donors (Lipinski definition) is 1. The van der Waals surface area contributed by atoms with Gasteiger partial charge < -0.3 is 14.6 Å². The number of ether oxygens (including phenoxy) is 1. The molecule has 0 saturated carbocycles. The maximum atomic E-state index is 12.1. The van der Waals surface area contributed by atoms with E-state index < -0.39 is 0 Å². The molecule has 23 heavy (non-hydrogen) atoms. The van der Waals surface area contributed by atoms with Crippen molar-refractivity contribution in [3.05, 3.63) is 41.2 Å². The molecule has 1 aromatic heterocycles. The molecule has 2 aromatic rings. The van der Waals surface area contributed by atoms with E-state index in [1.165, 1.54) is 17.3 Å². The third kappa shape index (κ3) is 4.84. The van der Waals surface area contributed by atoms with Crippen molar-refractivity contribution in [3.63, 3.8) is 0 Å². The lowest BCUT2D eigenvalue weighted by atomic mass is 10.2. The van der Waals surface area contributed by atoms with Crippen molar-refractivity contribution < 1.29 is 9.53 Å². The van der Waals surface area contributed by atoms with Crippen LogP contribution in [0, 0.1) is 20.8 Å². The van der Waals surface area contributed by atoms with E-state index in [1.807, 2.05) is 45.0 Å². The Bertz CT molecular complexity index is 665. The van der Waals surface area contributed by atoms with Gasteiger partial charge in [-0.2, -0.15) is 0 Å². The molecule has 0 aliphatic heterocycles. The van der Waals surface area contributed by atoms with Crippen molar-refractivity contribution in [1.29, 1.82) is 0 Å². The summed E-state index contributed by atoms with van der Waals surface area (Å²) in [6, 6.07) is 7.78. The van der Waals surface area contributed by atoms with Crippen LogP contribution in [0.2, 0.25) is 0 Å². The Labute approximate surface area is 141 Å². The number of imidazole rings is 1. The van der Waals surface area contributed by atoms with Crippen molar-refractivity contribution >= 4 is 23.4 Å². The molecule has 2 rings (SSSR count). The lowest BCUT2D eigenvalue weighted by Crippen LogP contribution is -2.15. The first-order valence-electron chi connectivity index (χ1n) is 7.53. The van der Waals surface area contributed by atoms with E-state index in [1.54, 1.807) is 7.11 Å². The number of rotatable bonds is 7. The lowest BCUT2D eigenvalue weighted by Gasteiger charge is -2.09. The minimum atomic E-state index is -0.0320. The molecule has 0 radical (unpaired) electrons. The minimum Gasteiger partial charge on any atom is -0.383 e. The molecular formula is C17H23N3O2S. The molecule has 1 heterocycles. The van der Waals surface area contributed by atoms with Gasteiger partial charge >= 0.3 is 0 Å². The smallest absolute Gasteiger partial charge is 0.234 e. The molecule has 0 unspecified atom stereocenters. The molecule has 0 saturated heterocycles. The average Bonchev–Trinajstić information content (AvgIpc) is 2.80. The summed E-state index contributed by atoms with van der Waals surface area (Å²) in [7, 11) is 1.68. The zero-order valence-electron chi connectivity index (χ0n) is 14.0. The highest BCUT2D eigenvalue weighted by Crippen LogP contribution is 2.21. The van der Waals surface area contributed by atoms with Gasteiger partial charge in [0.2, 0.25) is 5.91 Å². The number of carbonyl (C=O) groups excluding carboxylic acids is 1. The third-order valence-electron chi connectivity index (χ3n) is 3.61. The highest BCUT2D eigenvalue weighted by atomic mass is 32.2. The second-order valence-corrected chi connectivity index (χ2v) is 6.36. The van der Waals surface area contributed by atoms with Crippen molar-refractivity contribution in [2.75, 3.05) is 24.8 Å². The highest BCUT2D eigenvalue weighted by Gasteiger charge is 2.13. The number of methoxy groups -OCH3 is 1. The van der Waals surface area contributed by atoms with Gasteiger partial charge in [0.25, 0.3) is 0 Å². The first-order valence-corrected chi connectivity index (χ1v) is 8.52. The van der Waals surface area contributed by atoms with Crippen LogP contribution in [0.4, 0.5) is 5.69 Å². The van der Waals surface area contributed by atoms with E-state index in [4.69, 9.17) is 4.74 Å². The number of aryl methyl sites for hydroxylation is 2. The molecule has 1 N–H and O–H groups in total. The van der Waals surface area contributed by atoms with Crippen LogP contribution in [0.25, 0.3) is 0 Å². The summed E-state index contributed by atoms with van der Waals surface area (Å²) < 4.78 is 7.24. The molecule has 1 amide bonds. The van der Waals surface area contributed by atoms with Gasteiger partial charge in [-0.3, -0.25) is 4.79 Å². The molecule has 0 aliphatic rings. The fourth-order valence-corrected chi connectivity index (χ4v) is 3.06. The maximum Gasteiger partial charge on any atom is 0.234 e. The molecule has 0 spiro atoms. The zero-order valence-corrected chi connectivity index (χ0v) is 14.9. The van der Waals surface area contributed by atoms with E-state index in [0.29, 0.717) is 12.4 Å². The predicted octanol–water partition coefficient (Wildman–Crippen LogP) is 3.19. The molecule has 5 nitrogen and oxygen atoms in total. The van der Waals surface area contributed by atoms with Crippen LogP contribution in [0.5, 0.6) is 0 Å². The number of benzene rings is 1. The summed E-state index contributed by atoms with van der Waals surface area (Å²) in [4.78, 5) is 16.6. The van der Waals surface area contributed by atoms with Gasteiger partial charge in [0, 0.05) is 25.0 Å². The molecule has 124 valence electrons. The number of thioether (sulfide) groups is 1. The van der Waals surface area contributed by atoms with Crippen molar-refractivity contribution in [2.24, 2.45) is 0 Å². The number of nitrogens with zero attached hydrogens (tertiary/aromatic N) is 2. The Morgan fingerprint density at radius 2 is 1.96 bits per heavy atom. The summed E-state index contributed by atoms with van der Waals surface area (Å²) in [5.74, 6) is 0.298. The normalized spacial score (nSPS) is 10.8. The molecule has 0 bridgehead atoms. The van der Waals surface area contributed by atoms with Crippen LogP contribution in [-0.4, -0.2) is 34.9 Å². The van der Waals surface area contributed by atoms with Gasteiger partial charge in [0.1, 0.15) is 0 Å². The second kappa shape index (κ2) is 8.17. The lowest BCUT2D eigenvalue weighted by molar-refractivity contribution is -0.113. The van der Waals surface area contributed by atoms with Crippen LogP contribution >= 0.6 is 11.8 Å². The molecular weight excluding hydrogens is 310 g/mol. The molecule has 0 atom stereocenters. The third-order valence-corrected chi connectivity index (χ3v) is 4.59. The van der Waals surface area contributed by atoms with E-state index in [9.17, 15) is 4.79 Å². The largest absolute Gasteiger partial charge is 0.383 e. The Balaban J connectivity index is 1.95. The van der Waals surface area contributed by atoms with Gasteiger partial charge in [0.15, 0.2) is 5.16 Å². The SMILES string of the molecule is COCCn1c(SCC(=O)Nc2ccc(C)cc2)nc(C)c1C. The van der Waals surface area contributed by atoms with E-state index in [2.05, 4.69) is 14.9 Å². The summed E-state index contributed by atoms with van der Waals surface area (Å²) in [6.07, 6.45) is 0. The Hall–Kier alpha value is -1.79. The van der Waals surface area contributed by atoms with Crippen molar-refractivity contribution in [3.8, 4) is 0 Å². The summed E-state index contributed by atoms with van der Waals surface area (Å²) in [5.41, 5.74) is 4.09. The van der Waals surface area contributed by atoms with Crippen LogP contribution in [-0.2, 0) is 16.1 Å². The minimum absolute atomic E-state index is 0.0320. The fraction of sp³-hybridized carbons (Fsp3) is 0.412. The van der Waals surface area contributed by atoms with Crippen LogP contribution in [0.1, 0.15) is 17.0 Å². The molecule has 0 fully saturated rings. The Morgan fingerprint density at radius 3 is 2.61 bits per heavy atom. The van der Waals surface area contributed by atoms with Gasteiger partial charge in [-0.25, -0.2) is 4.98 Å². The van der Waals surface area contributed by atoms with Gasteiger partial charge in [-0.15, -0.1) is 0 Å². The van der Waals surface area contributed by atoms with Crippen LogP contribution < -0.4 is 5.32 Å². The number of carbonyl (C=O) groups is 1. The zero-order chi connectivity index (χ0) is 16.8. The van der Waals surface area contributed by atoms with Gasteiger partial charge in [-0.1, -0.05) is 29.5 Å². The fourth-order valence-electron chi connectivity index (χ4n) is 2.14. The monoisotopic (exact) mass is 333 g/mol. The predicted molar refractivity (Wildman–Crippen MR) is 94.1 cm³/mol. The Morgan fingerprint density at radius 1 is 1.26 bits per heavy atom. The van der Waals surface area contributed by atoms with Crippen LogP contribution in [0.15, 0.2) is 29.4 Å². The first-order chi connectivity index (χ1) is 11.0. The summed E-state index contributed by atoms with van der Waals surface area (Å²) >= 11 is 1.45. The van der Waals surface area contributed by atoms with Crippen molar-refractivity contribution in [1.82, 2.24) is 9.55 Å². The molecule has 1 aromatic carbocycles. The van der Waals surface area contributed by atoms with Gasteiger partial charge in [-0.05, 0) is 32.9 Å². The topological polar surface area (TPSA) is 56.1 Å². The number of amides is 1. The number of anilines is 1. The van der Waals surface area contributed by atoms with Crippen molar-refractivity contribution in [2.45, 2.75) is 32.5 Å². The van der Waals surface area contributed by atoms with E-state index >= 15 is 0 Å². The summed E-state index contributed by atoms with van der Waals surface area (Å²) in [6.45, 7) is 7.40. The van der Waals surface area contributed by atoms with E-state index in [-0.39, 0.29) is 5.91 Å². The maximum absolute atomic E-state index is 12.1. The summed E-state index contributed by atoms with van der Waals surface area (Å²) in [5, 5.41) is 3.76. The quantitative estimate of drug-likeness (QED) is 0.791. The Kier molecular flexibility index (Phi) is 6.24. The van der Waals surface area contributed by atoms with Crippen LogP contribution in [0.3, 0.4) is 0 Å². The standard InChI is InChI=1S/C17H23N3O2S/c1-12-5-7-15(8-6-12)19-16(21)11-23-17-18-13(2)14(3)20(17)9-10-22-4/h5-8H,9-11H2,1-4H3,(H,19,21). The molecule has 0 aliphatic carbocycles. The number of nitrogens with one attached hydrogen (secondary N) is 1. The molecule has 6 heteroatoms. The van der Waals surface area contributed by atoms with E-state index in [0.717, 1.165) is 28.8 Å². The number of hydrogen-bond acceptors (Lipinski definition) is 4. The first kappa shape index (κ1) is 17.6. The number of aromatic nitrogens is 2.